The summed E-state index contributed by atoms with van der Waals surface area (Å²) in [7, 11) is 0. The molecule has 15 heavy (non-hydrogen) atoms. The van der Waals surface area contributed by atoms with Crippen molar-refractivity contribution < 1.29 is 0 Å². The van der Waals surface area contributed by atoms with Crippen LogP contribution in [0.25, 0.3) is 0 Å². The van der Waals surface area contributed by atoms with Crippen molar-refractivity contribution in [2.75, 3.05) is 19.6 Å². The lowest BCUT2D eigenvalue weighted by atomic mass is 10.1. The molecular weight excluding hydrogens is 228 g/mol. The van der Waals surface area contributed by atoms with E-state index in [4.69, 9.17) is 0 Å². The van der Waals surface area contributed by atoms with Crippen molar-refractivity contribution >= 4 is 23.7 Å². The molecule has 2 rings (SSSR count). The second kappa shape index (κ2) is 7.23. The smallest absolute Gasteiger partial charge is 0.0193 e. The molecule has 1 saturated heterocycles. The first-order valence-electron chi connectivity index (χ1n) is 5.41. The van der Waals surface area contributed by atoms with E-state index < -0.39 is 0 Å². The highest BCUT2D eigenvalue weighted by molar-refractivity contribution is 7.09. The third-order valence-electron chi connectivity index (χ3n) is 2.68. The number of halogens is 1. The maximum Gasteiger partial charge on any atom is 0.0193 e. The highest BCUT2D eigenvalue weighted by Gasteiger charge is 2.11. The summed E-state index contributed by atoms with van der Waals surface area (Å²) in [5.41, 5.74) is 0. The molecule has 86 valence electrons. The number of hydrogen-bond acceptors (Lipinski definition) is 3. The van der Waals surface area contributed by atoms with Crippen molar-refractivity contribution in [1.29, 1.82) is 0 Å². The van der Waals surface area contributed by atoms with Crippen LogP contribution in [-0.2, 0) is 6.42 Å². The van der Waals surface area contributed by atoms with Crippen molar-refractivity contribution in [3.05, 3.63) is 22.4 Å². The molecule has 0 saturated carbocycles. The van der Waals surface area contributed by atoms with Gasteiger partial charge in [-0.3, -0.25) is 0 Å². The van der Waals surface area contributed by atoms with E-state index in [9.17, 15) is 0 Å². The fourth-order valence-electron chi connectivity index (χ4n) is 1.88. The van der Waals surface area contributed by atoms with Gasteiger partial charge in [-0.05, 0) is 37.3 Å². The van der Waals surface area contributed by atoms with Gasteiger partial charge in [-0.25, -0.2) is 0 Å². The maximum absolute atomic E-state index is 3.60. The largest absolute Gasteiger partial charge is 0.315 e. The molecule has 1 aliphatic rings. The van der Waals surface area contributed by atoms with Gasteiger partial charge in [0.05, 0.1) is 0 Å². The molecule has 0 bridgehead atoms. The topological polar surface area (TPSA) is 24.1 Å². The van der Waals surface area contributed by atoms with Crippen LogP contribution in [0.5, 0.6) is 0 Å². The van der Waals surface area contributed by atoms with Gasteiger partial charge in [-0.15, -0.1) is 23.7 Å². The first kappa shape index (κ1) is 13.0. The van der Waals surface area contributed by atoms with Crippen LogP contribution in [0, 0.1) is 0 Å². The van der Waals surface area contributed by atoms with Crippen molar-refractivity contribution in [3.63, 3.8) is 0 Å². The Kier molecular flexibility index (Phi) is 6.25. The van der Waals surface area contributed by atoms with Crippen LogP contribution in [0.1, 0.15) is 17.7 Å². The van der Waals surface area contributed by atoms with Crippen LogP contribution in [0.3, 0.4) is 0 Å². The number of piperidine rings is 1. The Morgan fingerprint density at radius 1 is 1.53 bits per heavy atom. The normalized spacial score (nSPS) is 20.9. The van der Waals surface area contributed by atoms with E-state index in [1.807, 2.05) is 11.3 Å². The average Bonchev–Trinajstić information content (AvgIpc) is 2.72. The maximum atomic E-state index is 3.60. The highest BCUT2D eigenvalue weighted by Crippen LogP contribution is 2.08. The highest BCUT2D eigenvalue weighted by atomic mass is 35.5. The van der Waals surface area contributed by atoms with Crippen molar-refractivity contribution in [2.45, 2.75) is 25.3 Å². The fraction of sp³-hybridized carbons (Fsp3) is 0.636. The molecule has 4 heteroatoms. The Hall–Kier alpha value is -0.0900. The monoisotopic (exact) mass is 246 g/mol. The molecule has 0 aliphatic carbocycles. The van der Waals surface area contributed by atoms with Gasteiger partial charge < -0.3 is 10.6 Å². The molecule has 1 aromatic heterocycles. The van der Waals surface area contributed by atoms with E-state index in [2.05, 4.69) is 28.1 Å². The van der Waals surface area contributed by atoms with Gasteiger partial charge >= 0.3 is 0 Å². The second-order valence-electron chi connectivity index (χ2n) is 3.83. The van der Waals surface area contributed by atoms with E-state index in [0.29, 0.717) is 6.04 Å². The lowest BCUT2D eigenvalue weighted by Gasteiger charge is -2.23. The minimum absolute atomic E-state index is 0. The molecule has 1 fully saturated rings. The summed E-state index contributed by atoms with van der Waals surface area (Å²) in [6, 6.07) is 5.04. The summed E-state index contributed by atoms with van der Waals surface area (Å²) in [6.45, 7) is 3.46. The quantitative estimate of drug-likeness (QED) is 0.850. The van der Waals surface area contributed by atoms with Gasteiger partial charge in [0.25, 0.3) is 0 Å². The minimum Gasteiger partial charge on any atom is -0.315 e. The summed E-state index contributed by atoms with van der Waals surface area (Å²) in [4.78, 5) is 1.49. The molecule has 2 N–H and O–H groups in total. The molecule has 0 amide bonds. The average molecular weight is 247 g/mol. The Balaban J connectivity index is 0.00000112. The van der Waals surface area contributed by atoms with Crippen LogP contribution < -0.4 is 10.6 Å². The van der Waals surface area contributed by atoms with Gasteiger partial charge in [0, 0.05) is 24.0 Å². The molecule has 1 unspecified atom stereocenters. The van der Waals surface area contributed by atoms with Gasteiger partial charge in [-0.2, -0.15) is 0 Å². The number of thiophene rings is 1. The summed E-state index contributed by atoms with van der Waals surface area (Å²) in [5.74, 6) is 0. The molecule has 0 radical (unpaired) electrons. The van der Waals surface area contributed by atoms with Crippen LogP contribution in [0.2, 0.25) is 0 Å². The van der Waals surface area contributed by atoms with Gasteiger partial charge in [-0.1, -0.05) is 6.07 Å². The van der Waals surface area contributed by atoms with E-state index >= 15 is 0 Å². The van der Waals surface area contributed by atoms with Gasteiger partial charge in [0.2, 0.25) is 0 Å². The number of nitrogens with one attached hydrogen (secondary N) is 2. The first-order chi connectivity index (χ1) is 6.95. The lowest BCUT2D eigenvalue weighted by molar-refractivity contribution is 0.392. The third-order valence-corrected chi connectivity index (χ3v) is 3.62. The molecule has 1 aliphatic heterocycles. The third kappa shape index (κ3) is 4.51. The van der Waals surface area contributed by atoms with Gasteiger partial charge in [0.1, 0.15) is 0 Å². The van der Waals surface area contributed by atoms with Crippen molar-refractivity contribution in [3.8, 4) is 0 Å². The lowest BCUT2D eigenvalue weighted by Crippen LogP contribution is -2.43. The standard InChI is InChI=1S/C11H18N2S.ClH/c1-3-10(9-12-6-1)13-7-5-11-4-2-8-14-11;/h2,4,8,10,12-13H,1,3,5-7,9H2;1H. The van der Waals surface area contributed by atoms with E-state index in [0.717, 1.165) is 13.1 Å². The zero-order valence-corrected chi connectivity index (χ0v) is 10.5. The van der Waals surface area contributed by atoms with Crippen LogP contribution >= 0.6 is 23.7 Å². The zero-order chi connectivity index (χ0) is 9.64. The van der Waals surface area contributed by atoms with E-state index in [-0.39, 0.29) is 12.4 Å². The molecule has 0 aromatic carbocycles. The SMILES string of the molecule is Cl.c1csc(CCNC2CCCNC2)c1. The first-order valence-corrected chi connectivity index (χ1v) is 6.29. The Morgan fingerprint density at radius 3 is 3.13 bits per heavy atom. The molecule has 2 heterocycles. The predicted octanol–water partition coefficient (Wildman–Crippen LogP) is 2.05. The second-order valence-corrected chi connectivity index (χ2v) is 4.86. The van der Waals surface area contributed by atoms with Crippen LogP contribution in [-0.4, -0.2) is 25.7 Å². The molecule has 0 spiro atoms. The Bertz CT molecular complexity index is 245. The van der Waals surface area contributed by atoms with Crippen LogP contribution in [0.4, 0.5) is 0 Å². The fourth-order valence-corrected chi connectivity index (χ4v) is 2.59. The van der Waals surface area contributed by atoms with Crippen LogP contribution in [0.15, 0.2) is 17.5 Å². The Labute approximate surface area is 102 Å². The van der Waals surface area contributed by atoms with Crippen molar-refractivity contribution in [1.82, 2.24) is 10.6 Å². The van der Waals surface area contributed by atoms with Gasteiger partial charge in [0.15, 0.2) is 0 Å². The summed E-state index contributed by atoms with van der Waals surface area (Å²) < 4.78 is 0. The van der Waals surface area contributed by atoms with E-state index in [1.54, 1.807) is 0 Å². The number of rotatable bonds is 4. The molecule has 2 nitrogen and oxygen atoms in total. The predicted molar refractivity (Wildman–Crippen MR) is 69.2 cm³/mol. The number of hydrogen-bond donors (Lipinski definition) is 2. The minimum atomic E-state index is 0. The zero-order valence-electron chi connectivity index (χ0n) is 8.87. The summed E-state index contributed by atoms with van der Waals surface area (Å²) in [5, 5.41) is 9.17. The van der Waals surface area contributed by atoms with Crippen molar-refractivity contribution in [2.24, 2.45) is 0 Å². The molecule has 1 aromatic rings. The Morgan fingerprint density at radius 2 is 2.47 bits per heavy atom. The molecular formula is C11H19ClN2S. The summed E-state index contributed by atoms with van der Waals surface area (Å²) >= 11 is 1.85. The van der Waals surface area contributed by atoms with E-state index in [1.165, 1.54) is 30.7 Å². The molecule has 1 atom stereocenters. The summed E-state index contributed by atoms with van der Waals surface area (Å²) in [6.07, 6.45) is 3.82.